The summed E-state index contributed by atoms with van der Waals surface area (Å²) < 4.78 is 4.63. The molecule has 0 saturated heterocycles. The monoisotopic (exact) mass is 301 g/mol. The van der Waals surface area contributed by atoms with Crippen LogP contribution in [0.1, 0.15) is 25.8 Å². The minimum atomic E-state index is -0.177. The minimum absolute atomic E-state index is 0.177. The highest BCUT2D eigenvalue weighted by Gasteiger charge is 2.07. The third kappa shape index (κ3) is 6.32. The third-order valence-electron chi connectivity index (χ3n) is 2.51. The lowest BCUT2D eigenvalue weighted by Gasteiger charge is -2.12. The van der Waals surface area contributed by atoms with Gasteiger partial charge in [0.25, 0.3) is 0 Å². The van der Waals surface area contributed by atoms with Gasteiger partial charge in [-0.15, -0.1) is 11.8 Å². The number of esters is 1. The molecule has 0 aliphatic rings. The van der Waals surface area contributed by atoms with Crippen LogP contribution in [0.25, 0.3) is 0 Å². The van der Waals surface area contributed by atoms with Gasteiger partial charge in [0.2, 0.25) is 0 Å². The Morgan fingerprint density at radius 2 is 2.21 bits per heavy atom. The molecular formula is C14H20ClNO2S. The number of halogens is 1. The molecule has 0 unspecified atom stereocenters. The van der Waals surface area contributed by atoms with E-state index in [0.717, 1.165) is 22.0 Å². The molecule has 1 rings (SSSR count). The normalized spacial score (nSPS) is 10.8. The van der Waals surface area contributed by atoms with Crippen molar-refractivity contribution in [2.24, 2.45) is 0 Å². The van der Waals surface area contributed by atoms with Crippen LogP contribution in [0.4, 0.5) is 0 Å². The van der Waals surface area contributed by atoms with Gasteiger partial charge < -0.3 is 10.1 Å². The van der Waals surface area contributed by atoms with Crippen LogP contribution in [0.15, 0.2) is 23.1 Å². The van der Waals surface area contributed by atoms with E-state index in [-0.39, 0.29) is 5.97 Å². The van der Waals surface area contributed by atoms with E-state index in [9.17, 15) is 4.79 Å². The highest BCUT2D eigenvalue weighted by atomic mass is 35.5. The molecule has 19 heavy (non-hydrogen) atoms. The van der Waals surface area contributed by atoms with Gasteiger partial charge in [0, 0.05) is 28.3 Å². The number of thioether (sulfide) groups is 1. The molecule has 0 aromatic heterocycles. The maximum atomic E-state index is 11.1. The summed E-state index contributed by atoms with van der Waals surface area (Å²) in [4.78, 5) is 12.2. The Morgan fingerprint density at radius 1 is 1.47 bits per heavy atom. The molecule has 0 spiro atoms. The van der Waals surface area contributed by atoms with E-state index in [1.165, 1.54) is 7.11 Å². The molecule has 0 aliphatic heterocycles. The fourth-order valence-electron chi connectivity index (χ4n) is 1.49. The summed E-state index contributed by atoms with van der Waals surface area (Å²) in [5, 5.41) is 4.11. The summed E-state index contributed by atoms with van der Waals surface area (Å²) in [7, 11) is 1.41. The van der Waals surface area contributed by atoms with Crippen molar-refractivity contribution in [1.29, 1.82) is 0 Å². The lowest BCUT2D eigenvalue weighted by molar-refractivity contribution is -0.140. The van der Waals surface area contributed by atoms with Crippen molar-refractivity contribution < 1.29 is 9.53 Å². The Morgan fingerprint density at radius 3 is 2.84 bits per heavy atom. The Kier molecular flexibility index (Phi) is 7.28. The van der Waals surface area contributed by atoms with Crippen LogP contribution in [-0.4, -0.2) is 24.9 Å². The third-order valence-corrected chi connectivity index (χ3v) is 3.87. The Labute approximate surface area is 124 Å². The van der Waals surface area contributed by atoms with Crippen LogP contribution >= 0.6 is 23.4 Å². The second-order valence-electron chi connectivity index (χ2n) is 4.46. The van der Waals surface area contributed by atoms with Crippen LogP contribution < -0.4 is 5.32 Å². The number of carbonyl (C=O) groups is 1. The molecule has 1 aromatic rings. The summed E-state index contributed by atoms with van der Waals surface area (Å²) in [6.45, 7) is 4.99. The Hall–Kier alpha value is -0.710. The largest absolute Gasteiger partial charge is 0.469 e. The molecule has 0 aliphatic carbocycles. The van der Waals surface area contributed by atoms with E-state index in [1.807, 2.05) is 18.2 Å². The van der Waals surface area contributed by atoms with Crippen molar-refractivity contribution in [1.82, 2.24) is 5.32 Å². The predicted molar refractivity (Wildman–Crippen MR) is 80.8 cm³/mol. The topological polar surface area (TPSA) is 38.3 Å². The molecule has 0 bridgehead atoms. The van der Waals surface area contributed by atoms with Crippen molar-refractivity contribution in [3.8, 4) is 0 Å². The summed E-state index contributed by atoms with van der Waals surface area (Å²) in [6.07, 6.45) is 0.418. The molecule has 1 aromatic carbocycles. The number of nitrogens with one attached hydrogen (secondary N) is 1. The van der Waals surface area contributed by atoms with Crippen molar-refractivity contribution in [3.63, 3.8) is 0 Å². The zero-order valence-electron chi connectivity index (χ0n) is 11.5. The van der Waals surface area contributed by atoms with Gasteiger partial charge in [0.15, 0.2) is 0 Å². The van der Waals surface area contributed by atoms with Crippen LogP contribution in [0.2, 0.25) is 5.02 Å². The summed E-state index contributed by atoms with van der Waals surface area (Å²) in [5.41, 5.74) is 1.16. The molecule has 0 atom stereocenters. The summed E-state index contributed by atoms with van der Waals surface area (Å²) in [6, 6.07) is 6.27. The quantitative estimate of drug-likeness (QED) is 0.618. The van der Waals surface area contributed by atoms with Gasteiger partial charge >= 0.3 is 5.97 Å². The molecular weight excluding hydrogens is 282 g/mol. The molecule has 1 N–H and O–H groups in total. The van der Waals surface area contributed by atoms with Gasteiger partial charge in [-0.3, -0.25) is 4.79 Å². The van der Waals surface area contributed by atoms with E-state index < -0.39 is 0 Å². The second-order valence-corrected chi connectivity index (χ2v) is 6.04. The van der Waals surface area contributed by atoms with E-state index in [0.29, 0.717) is 18.2 Å². The minimum Gasteiger partial charge on any atom is -0.469 e. The number of rotatable bonds is 7. The van der Waals surface area contributed by atoms with Gasteiger partial charge in [-0.25, -0.2) is 0 Å². The first-order valence-electron chi connectivity index (χ1n) is 6.24. The molecule has 3 nitrogen and oxygen atoms in total. The maximum Gasteiger partial charge on any atom is 0.306 e. The van der Waals surface area contributed by atoms with Crippen LogP contribution in [0, 0.1) is 0 Å². The summed E-state index contributed by atoms with van der Waals surface area (Å²) >= 11 is 7.68. The fraction of sp³-hybridized carbons (Fsp3) is 0.500. The lowest BCUT2D eigenvalue weighted by atomic mass is 10.2. The van der Waals surface area contributed by atoms with Gasteiger partial charge in [0.1, 0.15) is 0 Å². The number of benzene rings is 1. The number of hydrogen-bond acceptors (Lipinski definition) is 4. The molecule has 0 saturated carbocycles. The van der Waals surface area contributed by atoms with Crippen molar-refractivity contribution >= 4 is 29.3 Å². The maximum absolute atomic E-state index is 11.1. The Bertz CT molecular complexity index is 424. The van der Waals surface area contributed by atoms with Crippen molar-refractivity contribution in [2.45, 2.75) is 37.8 Å². The zero-order chi connectivity index (χ0) is 14.3. The van der Waals surface area contributed by atoms with Crippen molar-refractivity contribution in [2.75, 3.05) is 12.9 Å². The molecule has 0 heterocycles. The van der Waals surface area contributed by atoms with Crippen LogP contribution in [0.5, 0.6) is 0 Å². The SMILES string of the molecule is COC(=O)CCSc1ccc(Cl)cc1CNC(C)C. The van der Waals surface area contributed by atoms with Crippen molar-refractivity contribution in [3.05, 3.63) is 28.8 Å². The second kappa shape index (κ2) is 8.46. The predicted octanol–water partition coefficient (Wildman–Crippen LogP) is 3.49. The molecule has 0 fully saturated rings. The number of ether oxygens (including phenoxy) is 1. The van der Waals surface area contributed by atoms with Gasteiger partial charge in [-0.05, 0) is 23.8 Å². The van der Waals surface area contributed by atoms with E-state index in [2.05, 4.69) is 23.9 Å². The van der Waals surface area contributed by atoms with Gasteiger partial charge in [-0.1, -0.05) is 25.4 Å². The number of carbonyl (C=O) groups excluding carboxylic acids is 1. The number of methoxy groups -OCH3 is 1. The average molecular weight is 302 g/mol. The Balaban J connectivity index is 2.62. The average Bonchev–Trinajstić information content (AvgIpc) is 2.38. The molecule has 5 heteroatoms. The standard InChI is InChI=1S/C14H20ClNO2S/c1-10(2)16-9-11-8-12(15)4-5-13(11)19-7-6-14(17)18-3/h4-5,8,10,16H,6-7,9H2,1-3H3. The zero-order valence-corrected chi connectivity index (χ0v) is 13.1. The van der Waals surface area contributed by atoms with Crippen LogP contribution in [-0.2, 0) is 16.1 Å². The highest BCUT2D eigenvalue weighted by molar-refractivity contribution is 7.99. The first kappa shape index (κ1) is 16.3. The lowest BCUT2D eigenvalue weighted by Crippen LogP contribution is -2.22. The van der Waals surface area contributed by atoms with Gasteiger partial charge in [-0.2, -0.15) is 0 Å². The first-order valence-corrected chi connectivity index (χ1v) is 7.60. The van der Waals surface area contributed by atoms with Crippen LogP contribution in [0.3, 0.4) is 0 Å². The molecule has 0 amide bonds. The molecule has 0 radical (unpaired) electrons. The molecule has 106 valence electrons. The van der Waals surface area contributed by atoms with E-state index in [1.54, 1.807) is 11.8 Å². The van der Waals surface area contributed by atoms with E-state index in [4.69, 9.17) is 11.6 Å². The number of hydrogen-bond donors (Lipinski definition) is 1. The summed E-state index contributed by atoms with van der Waals surface area (Å²) in [5.74, 6) is 0.534. The van der Waals surface area contributed by atoms with E-state index >= 15 is 0 Å². The van der Waals surface area contributed by atoms with Gasteiger partial charge in [0.05, 0.1) is 13.5 Å². The fourth-order valence-corrected chi connectivity index (χ4v) is 2.65. The highest BCUT2D eigenvalue weighted by Crippen LogP contribution is 2.26. The first-order chi connectivity index (χ1) is 9.02. The smallest absolute Gasteiger partial charge is 0.306 e.